The van der Waals surface area contributed by atoms with Crippen molar-refractivity contribution in [3.63, 3.8) is 0 Å². The van der Waals surface area contributed by atoms with Crippen LogP contribution in [0.1, 0.15) is 54.1 Å². The zero-order valence-corrected chi connectivity index (χ0v) is 19.6. The van der Waals surface area contributed by atoms with E-state index < -0.39 is 15.9 Å². The highest BCUT2D eigenvalue weighted by atomic mass is 32.2. The Morgan fingerprint density at radius 3 is 2.62 bits per heavy atom. The van der Waals surface area contributed by atoms with Crippen molar-refractivity contribution in [3.05, 3.63) is 53.3 Å². The molecule has 0 spiro atoms. The van der Waals surface area contributed by atoms with Gasteiger partial charge in [-0.25, -0.2) is 12.8 Å². The predicted molar refractivity (Wildman–Crippen MR) is 122 cm³/mol. The van der Waals surface area contributed by atoms with Crippen molar-refractivity contribution in [2.45, 2.75) is 47.9 Å². The third-order valence-electron chi connectivity index (χ3n) is 5.95. The average molecular weight is 479 g/mol. The summed E-state index contributed by atoms with van der Waals surface area (Å²) in [6.07, 6.45) is 4.35. The van der Waals surface area contributed by atoms with Crippen LogP contribution in [-0.2, 0) is 10.0 Å². The number of sulfonamides is 1. The van der Waals surface area contributed by atoms with Gasteiger partial charge in [-0.15, -0.1) is 11.8 Å². The minimum absolute atomic E-state index is 0.0796. The Labute approximate surface area is 192 Å². The average Bonchev–Trinajstić information content (AvgIpc) is 3.09. The first-order chi connectivity index (χ1) is 15.4. The van der Waals surface area contributed by atoms with Gasteiger partial charge < -0.3 is 10.1 Å². The largest absolute Gasteiger partial charge is 0.496 e. The van der Waals surface area contributed by atoms with E-state index in [4.69, 9.17) is 4.74 Å². The Hall–Kier alpha value is -2.10. The summed E-state index contributed by atoms with van der Waals surface area (Å²) in [6.45, 7) is 0.968. The summed E-state index contributed by atoms with van der Waals surface area (Å²) in [7, 11) is -2.27. The fourth-order valence-corrected chi connectivity index (χ4v) is 6.91. The second-order valence-electron chi connectivity index (χ2n) is 8.00. The van der Waals surface area contributed by atoms with Crippen LogP contribution in [0.25, 0.3) is 0 Å². The number of amides is 1. The molecule has 0 aliphatic carbocycles. The highest BCUT2D eigenvalue weighted by Gasteiger charge is 2.29. The fourth-order valence-electron chi connectivity index (χ4n) is 4.23. The molecule has 1 unspecified atom stereocenters. The molecular formula is C23H27FN2O4S2. The van der Waals surface area contributed by atoms with Crippen LogP contribution in [0.3, 0.4) is 0 Å². The quantitative estimate of drug-likeness (QED) is 0.691. The molecule has 2 heterocycles. The molecule has 1 amide bonds. The first-order valence-electron chi connectivity index (χ1n) is 10.8. The maximum absolute atomic E-state index is 14.2. The highest BCUT2D eigenvalue weighted by Crippen LogP contribution is 2.38. The number of nitrogens with zero attached hydrogens (tertiary/aromatic N) is 1. The molecule has 2 aliphatic heterocycles. The molecule has 0 bridgehead atoms. The molecule has 6 nitrogen and oxygen atoms in total. The molecule has 1 saturated heterocycles. The normalized spacial score (nSPS) is 19.6. The summed E-state index contributed by atoms with van der Waals surface area (Å²) in [6, 6.07) is 8.89. The topological polar surface area (TPSA) is 75.7 Å². The second kappa shape index (κ2) is 9.80. The smallest absolute Gasteiger partial charge is 0.255 e. The number of nitrogens with one attached hydrogen (secondary N) is 1. The van der Waals surface area contributed by atoms with Gasteiger partial charge in [-0.05, 0) is 49.1 Å². The van der Waals surface area contributed by atoms with Crippen LogP contribution in [0.5, 0.6) is 5.75 Å². The lowest BCUT2D eigenvalue weighted by molar-refractivity contribution is 0.0931. The first-order valence-corrected chi connectivity index (χ1v) is 13.2. The Morgan fingerprint density at radius 2 is 1.91 bits per heavy atom. The maximum atomic E-state index is 14.2. The minimum atomic E-state index is -3.71. The lowest BCUT2D eigenvalue weighted by atomic mass is 10.0. The number of carbonyl (C=O) groups excluding carboxylic acids is 1. The van der Waals surface area contributed by atoms with E-state index in [0.717, 1.165) is 31.2 Å². The lowest BCUT2D eigenvalue weighted by Gasteiger charge is -2.26. The van der Waals surface area contributed by atoms with Crippen LogP contribution >= 0.6 is 11.8 Å². The molecule has 1 N–H and O–H groups in total. The summed E-state index contributed by atoms with van der Waals surface area (Å²) in [5, 5.41) is 2.95. The van der Waals surface area contributed by atoms with Gasteiger partial charge in [0.05, 0.1) is 23.6 Å². The standard InChI is InChI=1S/C23H27FN2O4S2/c1-30-21-10-9-16(32(28,29)26-12-4-2-3-5-13-26)15-18(21)23(27)25-20-11-14-31-22-17(20)7-6-8-19(22)24/h6-10,15,20H,2-5,11-14H2,1H3,(H,25,27). The molecule has 0 aromatic heterocycles. The van der Waals surface area contributed by atoms with E-state index in [-0.39, 0.29) is 22.3 Å². The third-order valence-corrected chi connectivity index (χ3v) is 9.00. The number of hydrogen-bond donors (Lipinski definition) is 1. The van der Waals surface area contributed by atoms with E-state index in [0.29, 0.717) is 35.9 Å². The van der Waals surface area contributed by atoms with Crippen molar-refractivity contribution in [2.75, 3.05) is 26.0 Å². The fraction of sp³-hybridized carbons (Fsp3) is 0.435. The molecule has 2 aliphatic rings. The van der Waals surface area contributed by atoms with Crippen molar-refractivity contribution in [1.29, 1.82) is 0 Å². The lowest BCUT2D eigenvalue weighted by Crippen LogP contribution is -2.33. The Balaban J connectivity index is 1.62. The van der Waals surface area contributed by atoms with E-state index in [2.05, 4.69) is 5.32 Å². The summed E-state index contributed by atoms with van der Waals surface area (Å²) in [5.74, 6) is 0.234. The SMILES string of the molecule is COc1ccc(S(=O)(=O)N2CCCCCC2)cc1C(=O)NC1CCSc2c(F)cccc21. The van der Waals surface area contributed by atoms with Gasteiger partial charge in [0, 0.05) is 23.7 Å². The second-order valence-corrected chi connectivity index (χ2v) is 11.0. The molecule has 32 heavy (non-hydrogen) atoms. The van der Waals surface area contributed by atoms with E-state index in [1.807, 2.05) is 6.07 Å². The third kappa shape index (κ3) is 4.65. The molecule has 1 atom stereocenters. The van der Waals surface area contributed by atoms with E-state index in [1.54, 1.807) is 6.07 Å². The van der Waals surface area contributed by atoms with Crippen molar-refractivity contribution >= 4 is 27.7 Å². The predicted octanol–water partition coefficient (Wildman–Crippen LogP) is 4.37. The van der Waals surface area contributed by atoms with Crippen LogP contribution in [0.2, 0.25) is 0 Å². The summed E-state index contributed by atoms with van der Waals surface area (Å²) >= 11 is 1.44. The maximum Gasteiger partial charge on any atom is 0.255 e. The van der Waals surface area contributed by atoms with Gasteiger partial charge in [-0.2, -0.15) is 4.31 Å². The van der Waals surface area contributed by atoms with Gasteiger partial charge in [-0.1, -0.05) is 25.0 Å². The number of benzene rings is 2. The van der Waals surface area contributed by atoms with Gasteiger partial charge in [0.15, 0.2) is 0 Å². The van der Waals surface area contributed by atoms with Crippen molar-refractivity contribution in [1.82, 2.24) is 9.62 Å². The number of halogens is 1. The first kappa shape index (κ1) is 23.1. The number of hydrogen-bond acceptors (Lipinski definition) is 5. The molecule has 2 aromatic carbocycles. The molecular weight excluding hydrogens is 451 g/mol. The summed E-state index contributed by atoms with van der Waals surface area (Å²) in [4.78, 5) is 13.8. The van der Waals surface area contributed by atoms with Crippen LogP contribution in [-0.4, -0.2) is 44.6 Å². The van der Waals surface area contributed by atoms with Crippen LogP contribution in [0, 0.1) is 5.82 Å². The van der Waals surface area contributed by atoms with Gasteiger partial charge >= 0.3 is 0 Å². The molecule has 172 valence electrons. The van der Waals surface area contributed by atoms with Crippen LogP contribution in [0.4, 0.5) is 4.39 Å². The number of thioether (sulfide) groups is 1. The Kier molecular flexibility index (Phi) is 7.07. The van der Waals surface area contributed by atoms with Crippen LogP contribution in [0.15, 0.2) is 46.2 Å². The van der Waals surface area contributed by atoms with Gasteiger partial charge in [0.25, 0.3) is 5.91 Å². The minimum Gasteiger partial charge on any atom is -0.496 e. The number of carbonyl (C=O) groups is 1. The summed E-state index contributed by atoms with van der Waals surface area (Å²) in [5.41, 5.74) is 0.890. The molecule has 0 saturated carbocycles. The van der Waals surface area contributed by atoms with Crippen molar-refractivity contribution < 1.29 is 22.3 Å². The number of methoxy groups -OCH3 is 1. The van der Waals surface area contributed by atoms with E-state index in [1.165, 1.54) is 47.4 Å². The Morgan fingerprint density at radius 1 is 1.16 bits per heavy atom. The van der Waals surface area contributed by atoms with E-state index >= 15 is 0 Å². The number of rotatable bonds is 5. The molecule has 2 aromatic rings. The number of fused-ring (bicyclic) bond motifs is 1. The van der Waals surface area contributed by atoms with Crippen molar-refractivity contribution in [2.24, 2.45) is 0 Å². The number of ether oxygens (including phenoxy) is 1. The molecule has 4 rings (SSSR count). The monoisotopic (exact) mass is 478 g/mol. The zero-order chi connectivity index (χ0) is 22.7. The van der Waals surface area contributed by atoms with Gasteiger partial charge in [0.2, 0.25) is 10.0 Å². The van der Waals surface area contributed by atoms with Gasteiger partial charge in [0.1, 0.15) is 11.6 Å². The van der Waals surface area contributed by atoms with Crippen molar-refractivity contribution in [3.8, 4) is 5.75 Å². The molecule has 1 fully saturated rings. The Bertz CT molecular complexity index is 1100. The summed E-state index contributed by atoms with van der Waals surface area (Å²) < 4.78 is 47.5. The highest BCUT2D eigenvalue weighted by molar-refractivity contribution is 7.99. The zero-order valence-electron chi connectivity index (χ0n) is 18.0. The molecule has 9 heteroatoms. The van der Waals surface area contributed by atoms with Crippen LogP contribution < -0.4 is 10.1 Å². The van der Waals surface area contributed by atoms with E-state index in [9.17, 15) is 17.6 Å². The molecule has 0 radical (unpaired) electrons. The van der Waals surface area contributed by atoms with Gasteiger partial charge in [-0.3, -0.25) is 4.79 Å².